The lowest BCUT2D eigenvalue weighted by Gasteiger charge is -2.29. The Balaban J connectivity index is 2.18. The standard InChI is InChI=1S/C13H19NO4S/c1-2-18-12-5-7-13(8-6-12)19(16,17)14-9-3-4-11(15)10-14/h5-8,11,15H,2-4,9-10H2,1H3/t11-/m0/s1. The maximum Gasteiger partial charge on any atom is 0.243 e. The summed E-state index contributed by atoms with van der Waals surface area (Å²) in [7, 11) is -3.51. The Morgan fingerprint density at radius 2 is 2.05 bits per heavy atom. The van der Waals surface area contributed by atoms with Crippen molar-refractivity contribution < 1.29 is 18.3 Å². The molecular weight excluding hydrogens is 266 g/mol. The lowest BCUT2D eigenvalue weighted by atomic mass is 10.1. The van der Waals surface area contributed by atoms with Crippen LogP contribution in [0.25, 0.3) is 0 Å². The molecule has 1 atom stereocenters. The van der Waals surface area contributed by atoms with E-state index in [2.05, 4.69) is 0 Å². The van der Waals surface area contributed by atoms with Crippen LogP contribution in [-0.2, 0) is 10.0 Å². The molecule has 0 saturated carbocycles. The Labute approximate surface area is 113 Å². The minimum Gasteiger partial charge on any atom is -0.494 e. The van der Waals surface area contributed by atoms with E-state index in [0.717, 1.165) is 0 Å². The molecule has 0 aliphatic carbocycles. The number of hydrogen-bond donors (Lipinski definition) is 1. The second-order valence-corrected chi connectivity index (χ2v) is 6.50. The minimum absolute atomic E-state index is 0.176. The smallest absolute Gasteiger partial charge is 0.243 e. The summed E-state index contributed by atoms with van der Waals surface area (Å²) in [5, 5.41) is 9.58. The van der Waals surface area contributed by atoms with Crippen LogP contribution < -0.4 is 4.74 Å². The number of piperidine rings is 1. The van der Waals surface area contributed by atoms with Gasteiger partial charge in [0.25, 0.3) is 0 Å². The van der Waals surface area contributed by atoms with Crippen molar-refractivity contribution in [3.05, 3.63) is 24.3 Å². The molecule has 1 N–H and O–H groups in total. The molecule has 1 heterocycles. The lowest BCUT2D eigenvalue weighted by Crippen LogP contribution is -2.42. The largest absolute Gasteiger partial charge is 0.494 e. The molecule has 0 spiro atoms. The molecule has 0 bridgehead atoms. The summed E-state index contributed by atoms with van der Waals surface area (Å²) in [5.41, 5.74) is 0. The van der Waals surface area contributed by atoms with E-state index in [1.54, 1.807) is 24.3 Å². The number of benzene rings is 1. The van der Waals surface area contributed by atoms with E-state index < -0.39 is 16.1 Å². The highest BCUT2D eigenvalue weighted by Gasteiger charge is 2.29. The third-order valence-corrected chi connectivity index (χ3v) is 5.01. The Morgan fingerprint density at radius 3 is 2.63 bits per heavy atom. The zero-order valence-electron chi connectivity index (χ0n) is 10.9. The summed E-state index contributed by atoms with van der Waals surface area (Å²) in [5.74, 6) is 0.653. The Morgan fingerprint density at radius 1 is 1.37 bits per heavy atom. The molecule has 1 fully saturated rings. The van der Waals surface area contributed by atoms with Crippen LogP contribution in [0.1, 0.15) is 19.8 Å². The molecule has 0 aromatic heterocycles. The summed E-state index contributed by atoms with van der Waals surface area (Å²) in [6.07, 6.45) is 0.790. The fraction of sp³-hybridized carbons (Fsp3) is 0.538. The summed E-state index contributed by atoms with van der Waals surface area (Å²) >= 11 is 0. The van der Waals surface area contributed by atoms with Gasteiger partial charge in [0.2, 0.25) is 10.0 Å². The van der Waals surface area contributed by atoms with Crippen LogP contribution in [0.2, 0.25) is 0 Å². The van der Waals surface area contributed by atoms with Gasteiger partial charge in [-0.1, -0.05) is 0 Å². The number of ether oxygens (including phenoxy) is 1. The number of rotatable bonds is 4. The predicted molar refractivity (Wildman–Crippen MR) is 71.6 cm³/mol. The Hall–Kier alpha value is -1.11. The Bertz CT molecular complexity index is 512. The van der Waals surface area contributed by atoms with Crippen molar-refractivity contribution in [2.24, 2.45) is 0 Å². The average molecular weight is 285 g/mol. The first-order valence-corrected chi connectivity index (χ1v) is 7.89. The summed E-state index contributed by atoms with van der Waals surface area (Å²) in [6.45, 7) is 3.06. The monoisotopic (exact) mass is 285 g/mol. The molecule has 0 unspecified atom stereocenters. The molecule has 1 aromatic carbocycles. The number of aliphatic hydroxyl groups excluding tert-OH is 1. The lowest BCUT2D eigenvalue weighted by molar-refractivity contribution is 0.108. The van der Waals surface area contributed by atoms with E-state index in [1.807, 2.05) is 6.92 Å². The zero-order chi connectivity index (χ0) is 13.9. The normalized spacial score (nSPS) is 21.3. The Kier molecular flexibility index (Phi) is 4.44. The molecule has 0 radical (unpaired) electrons. The molecule has 2 rings (SSSR count). The van der Waals surface area contributed by atoms with Gasteiger partial charge in [0.15, 0.2) is 0 Å². The molecule has 5 nitrogen and oxygen atoms in total. The van der Waals surface area contributed by atoms with Crippen LogP contribution in [0.15, 0.2) is 29.2 Å². The summed E-state index contributed by atoms with van der Waals surface area (Å²) in [4.78, 5) is 0.241. The van der Waals surface area contributed by atoms with Gasteiger partial charge in [-0.3, -0.25) is 0 Å². The van der Waals surface area contributed by atoms with E-state index in [9.17, 15) is 13.5 Å². The quantitative estimate of drug-likeness (QED) is 0.903. The van der Waals surface area contributed by atoms with E-state index in [4.69, 9.17) is 4.74 Å². The first-order chi connectivity index (χ1) is 9.04. The highest BCUT2D eigenvalue weighted by atomic mass is 32.2. The zero-order valence-corrected chi connectivity index (χ0v) is 11.8. The molecule has 6 heteroatoms. The number of β-amino-alcohol motifs (C(OH)–C–C–N with tert-alkyl or cyclic N) is 1. The molecule has 1 aliphatic rings. The second-order valence-electron chi connectivity index (χ2n) is 4.56. The highest BCUT2D eigenvalue weighted by Crippen LogP contribution is 2.22. The molecular formula is C13H19NO4S. The van der Waals surface area contributed by atoms with Gasteiger partial charge in [-0.25, -0.2) is 8.42 Å². The second kappa shape index (κ2) is 5.90. The van der Waals surface area contributed by atoms with E-state index in [0.29, 0.717) is 31.7 Å². The van der Waals surface area contributed by atoms with Crippen molar-refractivity contribution >= 4 is 10.0 Å². The molecule has 1 aliphatic heterocycles. The van der Waals surface area contributed by atoms with E-state index in [-0.39, 0.29) is 11.4 Å². The fourth-order valence-electron chi connectivity index (χ4n) is 2.16. The van der Waals surface area contributed by atoms with Gasteiger partial charge in [0, 0.05) is 13.1 Å². The number of hydrogen-bond acceptors (Lipinski definition) is 4. The van der Waals surface area contributed by atoms with Gasteiger partial charge in [-0.05, 0) is 44.0 Å². The van der Waals surface area contributed by atoms with Crippen LogP contribution in [0.3, 0.4) is 0 Å². The molecule has 0 amide bonds. The third-order valence-electron chi connectivity index (χ3n) is 3.13. The van der Waals surface area contributed by atoms with Crippen molar-refractivity contribution in [3.8, 4) is 5.75 Å². The number of nitrogens with zero attached hydrogens (tertiary/aromatic N) is 1. The summed E-state index contributed by atoms with van der Waals surface area (Å²) in [6, 6.07) is 6.39. The maximum atomic E-state index is 12.4. The molecule has 1 saturated heterocycles. The van der Waals surface area contributed by atoms with Gasteiger partial charge in [0.05, 0.1) is 17.6 Å². The first-order valence-electron chi connectivity index (χ1n) is 6.45. The van der Waals surface area contributed by atoms with Crippen molar-refractivity contribution in [2.75, 3.05) is 19.7 Å². The topological polar surface area (TPSA) is 66.8 Å². The van der Waals surface area contributed by atoms with E-state index in [1.165, 1.54) is 4.31 Å². The van der Waals surface area contributed by atoms with Crippen LogP contribution >= 0.6 is 0 Å². The van der Waals surface area contributed by atoms with Crippen molar-refractivity contribution in [1.82, 2.24) is 4.31 Å². The van der Waals surface area contributed by atoms with Gasteiger partial charge in [0.1, 0.15) is 5.75 Å². The highest BCUT2D eigenvalue weighted by molar-refractivity contribution is 7.89. The van der Waals surface area contributed by atoms with Crippen molar-refractivity contribution in [1.29, 1.82) is 0 Å². The number of aliphatic hydroxyl groups is 1. The number of sulfonamides is 1. The molecule has 19 heavy (non-hydrogen) atoms. The maximum absolute atomic E-state index is 12.4. The van der Waals surface area contributed by atoms with Crippen LogP contribution in [0.5, 0.6) is 5.75 Å². The van der Waals surface area contributed by atoms with Crippen LogP contribution in [-0.4, -0.2) is 43.6 Å². The van der Waals surface area contributed by atoms with E-state index >= 15 is 0 Å². The van der Waals surface area contributed by atoms with Gasteiger partial charge in [-0.2, -0.15) is 4.31 Å². The first kappa shape index (κ1) is 14.3. The van der Waals surface area contributed by atoms with Gasteiger partial charge in [-0.15, -0.1) is 0 Å². The van der Waals surface area contributed by atoms with Crippen molar-refractivity contribution in [3.63, 3.8) is 0 Å². The average Bonchev–Trinajstić information content (AvgIpc) is 2.40. The fourth-order valence-corrected chi connectivity index (χ4v) is 3.68. The molecule has 106 valence electrons. The van der Waals surface area contributed by atoms with Crippen LogP contribution in [0, 0.1) is 0 Å². The summed E-state index contributed by atoms with van der Waals surface area (Å²) < 4.78 is 31.4. The van der Waals surface area contributed by atoms with Crippen LogP contribution in [0.4, 0.5) is 0 Å². The third kappa shape index (κ3) is 3.26. The van der Waals surface area contributed by atoms with Crippen molar-refractivity contribution in [2.45, 2.75) is 30.8 Å². The SMILES string of the molecule is CCOc1ccc(S(=O)(=O)N2CCC[C@H](O)C2)cc1. The molecule has 1 aromatic rings. The minimum atomic E-state index is -3.51. The van der Waals surface area contributed by atoms with Gasteiger partial charge < -0.3 is 9.84 Å². The van der Waals surface area contributed by atoms with Gasteiger partial charge >= 0.3 is 0 Å². The predicted octanol–water partition coefficient (Wildman–Crippen LogP) is 1.23.